The number of benzene rings is 10. The van der Waals surface area contributed by atoms with Crippen molar-refractivity contribution in [1.82, 2.24) is 4.57 Å². The summed E-state index contributed by atoms with van der Waals surface area (Å²) >= 11 is 0. The van der Waals surface area contributed by atoms with Crippen LogP contribution in [0.25, 0.3) is 82.8 Å². The molecule has 1 aliphatic heterocycles. The first-order valence-electron chi connectivity index (χ1n) is 23.4. The van der Waals surface area contributed by atoms with Gasteiger partial charge in [0.05, 0.1) is 11.0 Å². The van der Waals surface area contributed by atoms with Crippen molar-refractivity contribution in [3.63, 3.8) is 0 Å². The predicted octanol–water partition coefficient (Wildman–Crippen LogP) is 17.5. The molecule has 0 radical (unpaired) electrons. The molecule has 0 fully saturated rings. The number of hydrogen-bond acceptors (Lipinski definition) is 3. The van der Waals surface area contributed by atoms with Gasteiger partial charge in [-0.2, -0.15) is 0 Å². The number of para-hydroxylation sites is 5. The molecule has 10 aromatic carbocycles. The number of nitrogens with zero attached hydrogens (tertiary/aromatic N) is 2. The molecule has 0 amide bonds. The average Bonchev–Trinajstić information content (AvgIpc) is 3.95. The average molecular weight is 876 g/mol. The van der Waals surface area contributed by atoms with E-state index in [9.17, 15) is 0 Å². The molecule has 0 bridgehead atoms. The van der Waals surface area contributed by atoms with E-state index < -0.39 is 0 Å². The van der Waals surface area contributed by atoms with Crippen LogP contribution in [0.1, 0.15) is 25.0 Å². The van der Waals surface area contributed by atoms with Crippen LogP contribution in [0.5, 0.6) is 0 Å². The summed E-state index contributed by atoms with van der Waals surface area (Å²) in [5.74, 6) is 0. The third kappa shape index (κ3) is 7.10. The largest absolute Gasteiger partial charge is 0.456 e. The minimum atomic E-state index is -0.228. The highest BCUT2D eigenvalue weighted by molar-refractivity contribution is 6.10. The molecule has 4 nitrogen and oxygen atoms in total. The summed E-state index contributed by atoms with van der Waals surface area (Å²) in [6, 6.07) is 84.5. The standard InChI is InChI=1S/C52H41N3.C12H8O/c1-52(2)45-33-38(36-23-27-47(53-40-17-9-5-10-18-40)43(31-36)35-15-7-4-8-16-35)25-29-50(45)54(3)51-30-26-39(34-46(51)52)37-24-28-49-44(32-37)42-21-13-14-22-48(42)55(49)41-19-11-6-12-20-41;1-3-7-11-9(5-1)10-6-2-4-8-12(10)13-11/h4-34,53H,1-3H3;1-8H. The van der Waals surface area contributed by atoms with Crippen LogP contribution in [-0.4, -0.2) is 11.6 Å². The van der Waals surface area contributed by atoms with E-state index in [0.717, 1.165) is 22.5 Å². The van der Waals surface area contributed by atoms with Gasteiger partial charge in [0.2, 0.25) is 0 Å². The van der Waals surface area contributed by atoms with Gasteiger partial charge in [-0.05, 0) is 130 Å². The molecule has 12 aromatic rings. The van der Waals surface area contributed by atoms with Crippen LogP contribution in [0.4, 0.5) is 22.7 Å². The summed E-state index contributed by atoms with van der Waals surface area (Å²) in [4.78, 5) is 2.36. The van der Waals surface area contributed by atoms with Crippen LogP contribution < -0.4 is 10.2 Å². The summed E-state index contributed by atoms with van der Waals surface area (Å²) in [7, 11) is 2.20. The Balaban J connectivity index is 0.000000316. The lowest BCUT2D eigenvalue weighted by molar-refractivity contribution is 0.630. The van der Waals surface area contributed by atoms with Gasteiger partial charge in [0.15, 0.2) is 0 Å². The molecular formula is C64H49N3O. The van der Waals surface area contributed by atoms with Gasteiger partial charge in [-0.15, -0.1) is 0 Å². The highest BCUT2D eigenvalue weighted by Gasteiger charge is 2.36. The van der Waals surface area contributed by atoms with E-state index in [4.69, 9.17) is 4.42 Å². The first-order valence-corrected chi connectivity index (χ1v) is 23.4. The van der Waals surface area contributed by atoms with Gasteiger partial charge in [-0.25, -0.2) is 0 Å². The maximum atomic E-state index is 5.65. The summed E-state index contributed by atoms with van der Waals surface area (Å²) < 4.78 is 8.03. The van der Waals surface area contributed by atoms with Crippen LogP contribution in [0.3, 0.4) is 0 Å². The quantitative estimate of drug-likeness (QED) is 0.181. The van der Waals surface area contributed by atoms with Crippen LogP contribution in [0, 0.1) is 0 Å². The van der Waals surface area contributed by atoms with Crippen molar-refractivity contribution < 1.29 is 4.42 Å². The van der Waals surface area contributed by atoms with Crippen LogP contribution in [0.15, 0.2) is 241 Å². The van der Waals surface area contributed by atoms with Crippen molar-refractivity contribution in [2.75, 3.05) is 17.3 Å². The van der Waals surface area contributed by atoms with E-state index in [1.807, 2.05) is 42.5 Å². The Morgan fingerprint density at radius 1 is 0.397 bits per heavy atom. The lowest BCUT2D eigenvalue weighted by Crippen LogP contribution is -2.30. The zero-order valence-electron chi connectivity index (χ0n) is 38.3. The number of nitrogens with one attached hydrogen (secondary N) is 1. The third-order valence-corrected chi connectivity index (χ3v) is 13.9. The minimum Gasteiger partial charge on any atom is -0.456 e. The molecule has 0 unspecified atom stereocenters. The molecule has 2 aromatic heterocycles. The zero-order chi connectivity index (χ0) is 45.8. The fourth-order valence-corrected chi connectivity index (χ4v) is 10.3. The predicted molar refractivity (Wildman–Crippen MR) is 287 cm³/mol. The summed E-state index contributed by atoms with van der Waals surface area (Å²) in [5.41, 5.74) is 19.8. The molecule has 0 spiro atoms. The molecule has 0 atom stereocenters. The van der Waals surface area contributed by atoms with E-state index >= 15 is 0 Å². The first kappa shape index (κ1) is 40.9. The van der Waals surface area contributed by atoms with Crippen molar-refractivity contribution in [3.8, 4) is 39.1 Å². The summed E-state index contributed by atoms with van der Waals surface area (Å²) in [6.07, 6.45) is 0. The van der Waals surface area contributed by atoms with Gasteiger partial charge < -0.3 is 19.2 Å². The van der Waals surface area contributed by atoms with Crippen LogP contribution in [0.2, 0.25) is 0 Å². The molecule has 68 heavy (non-hydrogen) atoms. The molecule has 13 rings (SSSR count). The van der Waals surface area contributed by atoms with Crippen molar-refractivity contribution in [3.05, 3.63) is 248 Å². The first-order chi connectivity index (χ1) is 33.4. The second-order valence-electron chi connectivity index (χ2n) is 18.3. The Hall–Kier alpha value is -8.60. The maximum absolute atomic E-state index is 5.65. The highest BCUT2D eigenvalue weighted by atomic mass is 16.3. The van der Waals surface area contributed by atoms with Crippen molar-refractivity contribution in [1.29, 1.82) is 0 Å². The Kier molecular flexibility index (Phi) is 10.0. The second-order valence-corrected chi connectivity index (χ2v) is 18.3. The Morgan fingerprint density at radius 3 is 1.53 bits per heavy atom. The van der Waals surface area contributed by atoms with Gasteiger partial charge in [0.25, 0.3) is 0 Å². The minimum absolute atomic E-state index is 0.228. The van der Waals surface area contributed by atoms with E-state index in [1.54, 1.807) is 0 Å². The SMILES string of the molecule is CN1c2ccc(-c3ccc(Nc4ccccc4)c(-c4ccccc4)c3)cc2C(C)(C)c2cc(-c3ccc4c(c3)c3ccccc3n4-c3ccccc3)ccc21.c1ccc2c(c1)oc1ccccc12. The third-order valence-electron chi connectivity index (χ3n) is 13.9. The lowest BCUT2D eigenvalue weighted by Gasteiger charge is -2.41. The molecule has 3 heterocycles. The van der Waals surface area contributed by atoms with Crippen molar-refractivity contribution in [2.24, 2.45) is 0 Å². The molecule has 0 aliphatic carbocycles. The van der Waals surface area contributed by atoms with Crippen molar-refractivity contribution in [2.45, 2.75) is 19.3 Å². The topological polar surface area (TPSA) is 33.3 Å². The number of aromatic nitrogens is 1. The van der Waals surface area contributed by atoms with Crippen LogP contribution >= 0.6 is 0 Å². The summed E-state index contributed by atoms with van der Waals surface area (Å²) in [5, 5.41) is 8.58. The zero-order valence-corrected chi connectivity index (χ0v) is 38.3. The van der Waals surface area contributed by atoms with Gasteiger partial charge >= 0.3 is 0 Å². The second kappa shape index (κ2) is 16.7. The molecule has 4 heteroatoms. The van der Waals surface area contributed by atoms with Gasteiger partial charge in [-0.1, -0.05) is 159 Å². The fourth-order valence-electron chi connectivity index (χ4n) is 10.3. The fraction of sp³-hybridized carbons (Fsp3) is 0.0625. The van der Waals surface area contributed by atoms with E-state index in [0.29, 0.717) is 0 Å². The van der Waals surface area contributed by atoms with Gasteiger partial charge in [0, 0.05) is 68.0 Å². The molecular weight excluding hydrogens is 827 g/mol. The molecule has 1 N–H and O–H groups in total. The monoisotopic (exact) mass is 875 g/mol. The Bertz CT molecular complexity index is 3760. The summed E-state index contributed by atoms with van der Waals surface area (Å²) in [6.45, 7) is 4.76. The Labute approximate surface area is 397 Å². The van der Waals surface area contributed by atoms with E-state index in [2.05, 4.69) is 230 Å². The molecule has 326 valence electrons. The number of rotatable bonds is 6. The molecule has 0 saturated carbocycles. The van der Waals surface area contributed by atoms with Crippen molar-refractivity contribution >= 4 is 66.5 Å². The number of hydrogen-bond donors (Lipinski definition) is 1. The number of anilines is 4. The van der Waals surface area contributed by atoms with E-state index in [-0.39, 0.29) is 5.41 Å². The van der Waals surface area contributed by atoms with Crippen LogP contribution in [-0.2, 0) is 5.41 Å². The molecule has 0 saturated heterocycles. The van der Waals surface area contributed by atoms with E-state index in [1.165, 1.54) is 94.1 Å². The normalized spacial score (nSPS) is 12.7. The number of furan rings is 1. The highest BCUT2D eigenvalue weighted by Crippen LogP contribution is 2.51. The van der Waals surface area contributed by atoms with Gasteiger partial charge in [-0.3, -0.25) is 0 Å². The molecule has 1 aliphatic rings. The lowest BCUT2D eigenvalue weighted by atomic mass is 9.72. The smallest absolute Gasteiger partial charge is 0.135 e. The Morgan fingerprint density at radius 2 is 0.882 bits per heavy atom. The van der Waals surface area contributed by atoms with Gasteiger partial charge in [0.1, 0.15) is 11.2 Å². The maximum Gasteiger partial charge on any atom is 0.135 e. The number of fused-ring (bicyclic) bond motifs is 8.